The fraction of sp³-hybridized carbons (Fsp3) is 0.556. The van der Waals surface area contributed by atoms with E-state index in [1.54, 1.807) is 5.51 Å². The minimum atomic E-state index is -0.781. The summed E-state index contributed by atoms with van der Waals surface area (Å²) < 4.78 is 0. The molecular formula is C9H12N2O2S. The summed E-state index contributed by atoms with van der Waals surface area (Å²) in [6.07, 6.45) is 2.42. The number of aromatic nitrogens is 1. The van der Waals surface area contributed by atoms with Crippen LogP contribution in [0.4, 0.5) is 0 Å². The van der Waals surface area contributed by atoms with Gasteiger partial charge in [0.2, 0.25) is 0 Å². The number of hydrogen-bond donors (Lipinski definition) is 2. The number of carboxylic acids is 1. The van der Waals surface area contributed by atoms with Crippen LogP contribution in [0.1, 0.15) is 31.0 Å². The summed E-state index contributed by atoms with van der Waals surface area (Å²) in [6.45, 7) is 0. The van der Waals surface area contributed by atoms with Gasteiger partial charge in [-0.1, -0.05) is 0 Å². The van der Waals surface area contributed by atoms with Crippen molar-refractivity contribution >= 4 is 17.3 Å². The summed E-state index contributed by atoms with van der Waals surface area (Å²) >= 11 is 1.50. The lowest BCUT2D eigenvalue weighted by atomic mass is 10.1. The molecule has 4 nitrogen and oxygen atoms in total. The Labute approximate surface area is 86.0 Å². The Morgan fingerprint density at radius 2 is 2.57 bits per heavy atom. The number of hydrogen-bond acceptors (Lipinski definition) is 4. The van der Waals surface area contributed by atoms with Crippen LogP contribution in [-0.4, -0.2) is 22.1 Å². The molecule has 1 aliphatic carbocycles. The van der Waals surface area contributed by atoms with Crippen molar-refractivity contribution in [3.63, 3.8) is 0 Å². The molecule has 1 unspecified atom stereocenters. The fourth-order valence-electron chi connectivity index (χ4n) is 1.35. The lowest BCUT2D eigenvalue weighted by Crippen LogP contribution is -2.25. The predicted molar refractivity (Wildman–Crippen MR) is 53.3 cm³/mol. The highest BCUT2D eigenvalue weighted by Gasteiger charge is 2.27. The van der Waals surface area contributed by atoms with E-state index in [0.717, 1.165) is 18.5 Å². The Morgan fingerprint density at radius 3 is 3.07 bits per heavy atom. The van der Waals surface area contributed by atoms with Crippen LogP contribution in [0.3, 0.4) is 0 Å². The molecule has 0 amide bonds. The van der Waals surface area contributed by atoms with Crippen LogP contribution in [0.5, 0.6) is 0 Å². The summed E-state index contributed by atoms with van der Waals surface area (Å²) in [6, 6.07) is 0.382. The monoisotopic (exact) mass is 212 g/mol. The number of nitrogens with one attached hydrogen (secondary N) is 1. The molecule has 0 radical (unpaired) electrons. The fourth-order valence-corrected chi connectivity index (χ4v) is 1.96. The molecule has 1 aromatic heterocycles. The van der Waals surface area contributed by atoms with Crippen LogP contribution < -0.4 is 5.32 Å². The first kappa shape index (κ1) is 9.61. The van der Waals surface area contributed by atoms with E-state index in [0.29, 0.717) is 6.04 Å². The summed E-state index contributed by atoms with van der Waals surface area (Å²) in [5, 5.41) is 13.9. The number of carbonyl (C=O) groups is 1. The summed E-state index contributed by atoms with van der Waals surface area (Å²) in [7, 11) is 0. The van der Waals surface area contributed by atoms with E-state index in [9.17, 15) is 4.79 Å². The van der Waals surface area contributed by atoms with Gasteiger partial charge in [0.1, 0.15) is 0 Å². The second kappa shape index (κ2) is 4.06. The molecular weight excluding hydrogens is 200 g/mol. The summed E-state index contributed by atoms with van der Waals surface area (Å²) in [5.74, 6) is -0.781. The SMILES string of the molecule is O=C(O)CC(NC1CC1)c1cscn1. The van der Waals surface area contributed by atoms with Crippen LogP contribution >= 0.6 is 11.3 Å². The maximum Gasteiger partial charge on any atom is 0.305 e. The van der Waals surface area contributed by atoms with Gasteiger partial charge in [0, 0.05) is 11.4 Å². The van der Waals surface area contributed by atoms with E-state index in [4.69, 9.17) is 5.11 Å². The van der Waals surface area contributed by atoms with Crippen molar-refractivity contribution in [1.82, 2.24) is 10.3 Å². The molecule has 1 heterocycles. The zero-order valence-corrected chi connectivity index (χ0v) is 8.46. The minimum absolute atomic E-state index is 0.111. The third kappa shape index (κ3) is 2.52. The lowest BCUT2D eigenvalue weighted by molar-refractivity contribution is -0.137. The first-order valence-electron chi connectivity index (χ1n) is 4.61. The van der Waals surface area contributed by atoms with Crippen molar-refractivity contribution in [3.8, 4) is 0 Å². The van der Waals surface area contributed by atoms with E-state index in [1.165, 1.54) is 11.3 Å². The van der Waals surface area contributed by atoms with Gasteiger partial charge in [0.15, 0.2) is 0 Å². The molecule has 1 aromatic rings. The van der Waals surface area contributed by atoms with E-state index in [1.807, 2.05) is 5.38 Å². The Hall–Kier alpha value is -0.940. The number of nitrogens with zero attached hydrogens (tertiary/aromatic N) is 1. The van der Waals surface area contributed by atoms with Crippen molar-refractivity contribution in [2.75, 3.05) is 0 Å². The number of aliphatic carboxylic acids is 1. The van der Waals surface area contributed by atoms with Crippen molar-refractivity contribution in [2.45, 2.75) is 31.3 Å². The first-order chi connectivity index (χ1) is 6.75. The maximum atomic E-state index is 10.6. The van der Waals surface area contributed by atoms with Crippen LogP contribution in [0.2, 0.25) is 0 Å². The second-order valence-electron chi connectivity index (χ2n) is 3.50. The molecule has 2 N–H and O–H groups in total. The van der Waals surface area contributed by atoms with Gasteiger partial charge >= 0.3 is 5.97 Å². The van der Waals surface area contributed by atoms with Gasteiger partial charge < -0.3 is 10.4 Å². The molecule has 0 spiro atoms. The quantitative estimate of drug-likeness (QED) is 0.774. The molecule has 1 fully saturated rings. The van der Waals surface area contributed by atoms with Crippen LogP contribution in [0, 0.1) is 0 Å². The van der Waals surface area contributed by atoms with Gasteiger partial charge in [-0.15, -0.1) is 11.3 Å². The highest BCUT2D eigenvalue weighted by Crippen LogP contribution is 2.25. The van der Waals surface area contributed by atoms with Crippen molar-refractivity contribution in [1.29, 1.82) is 0 Å². The molecule has 14 heavy (non-hydrogen) atoms. The molecule has 0 bridgehead atoms. The van der Waals surface area contributed by atoms with Crippen LogP contribution in [-0.2, 0) is 4.79 Å². The molecule has 0 saturated heterocycles. The van der Waals surface area contributed by atoms with E-state index in [-0.39, 0.29) is 12.5 Å². The lowest BCUT2D eigenvalue weighted by Gasteiger charge is -2.13. The molecule has 76 valence electrons. The molecule has 5 heteroatoms. The van der Waals surface area contributed by atoms with Gasteiger partial charge in [0.05, 0.1) is 23.7 Å². The highest BCUT2D eigenvalue weighted by molar-refractivity contribution is 7.07. The molecule has 1 aliphatic rings. The smallest absolute Gasteiger partial charge is 0.305 e. The summed E-state index contributed by atoms with van der Waals surface area (Å²) in [4.78, 5) is 14.8. The normalized spacial score (nSPS) is 18.0. The minimum Gasteiger partial charge on any atom is -0.481 e. The van der Waals surface area contributed by atoms with Crippen LogP contribution in [0.25, 0.3) is 0 Å². The van der Waals surface area contributed by atoms with Gasteiger partial charge in [-0.3, -0.25) is 4.79 Å². The largest absolute Gasteiger partial charge is 0.481 e. The summed E-state index contributed by atoms with van der Waals surface area (Å²) in [5.41, 5.74) is 2.59. The van der Waals surface area contributed by atoms with Gasteiger partial charge in [-0.05, 0) is 12.8 Å². The van der Waals surface area contributed by atoms with Crippen molar-refractivity contribution in [3.05, 3.63) is 16.6 Å². The van der Waals surface area contributed by atoms with E-state index in [2.05, 4.69) is 10.3 Å². The molecule has 2 rings (SSSR count). The van der Waals surface area contributed by atoms with E-state index < -0.39 is 5.97 Å². The van der Waals surface area contributed by atoms with Gasteiger partial charge in [0.25, 0.3) is 0 Å². The van der Waals surface area contributed by atoms with Crippen LogP contribution in [0.15, 0.2) is 10.9 Å². The van der Waals surface area contributed by atoms with Gasteiger partial charge in [-0.25, -0.2) is 4.98 Å². The zero-order valence-electron chi connectivity index (χ0n) is 7.64. The molecule has 1 atom stereocenters. The Morgan fingerprint density at radius 1 is 1.79 bits per heavy atom. The Bertz CT molecular complexity index is 309. The Balaban J connectivity index is 2.00. The van der Waals surface area contributed by atoms with E-state index >= 15 is 0 Å². The molecule has 1 saturated carbocycles. The second-order valence-corrected chi connectivity index (χ2v) is 4.22. The zero-order chi connectivity index (χ0) is 9.97. The van der Waals surface area contributed by atoms with Gasteiger partial charge in [-0.2, -0.15) is 0 Å². The number of rotatable bonds is 5. The third-order valence-corrected chi connectivity index (χ3v) is 2.81. The van der Waals surface area contributed by atoms with Crippen molar-refractivity contribution < 1.29 is 9.90 Å². The average Bonchev–Trinajstić information content (AvgIpc) is 2.79. The van der Waals surface area contributed by atoms with Crippen molar-refractivity contribution in [2.24, 2.45) is 0 Å². The Kier molecular flexibility index (Phi) is 2.79. The topological polar surface area (TPSA) is 62.2 Å². The number of thiazole rings is 1. The third-order valence-electron chi connectivity index (χ3n) is 2.20. The number of carboxylic acid groups (broad SMARTS) is 1. The first-order valence-corrected chi connectivity index (χ1v) is 5.56. The highest BCUT2D eigenvalue weighted by atomic mass is 32.1. The predicted octanol–water partition coefficient (Wildman–Crippen LogP) is 1.41. The average molecular weight is 212 g/mol. The molecule has 0 aromatic carbocycles. The molecule has 0 aliphatic heterocycles. The standard InChI is InChI=1S/C9H12N2O2S/c12-9(13)3-7(11-6-1-2-6)8-4-14-5-10-8/h4-7,11H,1-3H2,(H,12,13). The maximum absolute atomic E-state index is 10.6.